The molecule has 1 aromatic rings. The highest BCUT2D eigenvalue weighted by Crippen LogP contribution is 2.27. The smallest absolute Gasteiger partial charge is 0.406 e. The van der Waals surface area contributed by atoms with Gasteiger partial charge in [0, 0.05) is 12.5 Å². The van der Waals surface area contributed by atoms with Gasteiger partial charge in [0.1, 0.15) is 5.75 Å². The fourth-order valence-electron chi connectivity index (χ4n) is 2.39. The van der Waals surface area contributed by atoms with Crippen LogP contribution in [-0.4, -0.2) is 38.2 Å². The molecule has 23 heavy (non-hydrogen) atoms. The SMILES string of the molecule is O=C(CCc1ccccc1OC(F)(F)F)NC1CCS(=O)(=O)C1. The van der Waals surface area contributed by atoms with E-state index in [1.807, 2.05) is 0 Å². The Morgan fingerprint density at radius 1 is 1.30 bits per heavy atom. The molecule has 2 rings (SSSR count). The second kappa shape index (κ2) is 6.77. The first kappa shape index (κ1) is 17.6. The summed E-state index contributed by atoms with van der Waals surface area (Å²) in [5.74, 6) is -0.780. The van der Waals surface area contributed by atoms with Gasteiger partial charge in [-0.1, -0.05) is 18.2 Å². The van der Waals surface area contributed by atoms with E-state index in [-0.39, 0.29) is 35.7 Å². The van der Waals surface area contributed by atoms with Gasteiger partial charge in [0.15, 0.2) is 9.84 Å². The van der Waals surface area contributed by atoms with Gasteiger partial charge in [0.2, 0.25) is 5.91 Å². The molecule has 0 aliphatic carbocycles. The van der Waals surface area contributed by atoms with E-state index in [0.717, 1.165) is 0 Å². The van der Waals surface area contributed by atoms with Crippen molar-refractivity contribution in [2.45, 2.75) is 31.7 Å². The molecular weight excluding hydrogens is 335 g/mol. The molecule has 0 radical (unpaired) electrons. The highest BCUT2D eigenvalue weighted by atomic mass is 32.2. The Kier molecular flexibility index (Phi) is 5.18. The number of benzene rings is 1. The van der Waals surface area contributed by atoms with Crippen molar-refractivity contribution < 1.29 is 31.1 Å². The van der Waals surface area contributed by atoms with Crippen LogP contribution in [0.4, 0.5) is 13.2 Å². The highest BCUT2D eigenvalue weighted by Gasteiger charge is 2.32. The third-order valence-corrected chi connectivity index (χ3v) is 5.19. The Labute approximate surface area is 131 Å². The monoisotopic (exact) mass is 351 g/mol. The minimum absolute atomic E-state index is 0.0419. The first-order valence-electron chi connectivity index (χ1n) is 6.98. The Morgan fingerprint density at radius 3 is 2.61 bits per heavy atom. The summed E-state index contributed by atoms with van der Waals surface area (Å²) >= 11 is 0. The number of para-hydroxylation sites is 1. The lowest BCUT2D eigenvalue weighted by atomic mass is 10.1. The van der Waals surface area contributed by atoms with Gasteiger partial charge in [-0.2, -0.15) is 0 Å². The maximum atomic E-state index is 12.3. The number of halogens is 3. The number of amides is 1. The second-order valence-corrected chi connectivity index (χ2v) is 7.55. The van der Waals surface area contributed by atoms with Gasteiger partial charge in [0.25, 0.3) is 0 Å². The van der Waals surface area contributed by atoms with Gasteiger partial charge in [-0.25, -0.2) is 8.42 Å². The number of rotatable bonds is 5. The third kappa shape index (κ3) is 5.74. The molecule has 1 aromatic carbocycles. The molecule has 1 saturated heterocycles. The molecule has 0 saturated carbocycles. The number of ether oxygens (including phenoxy) is 1. The maximum Gasteiger partial charge on any atom is 0.573 e. The zero-order valence-electron chi connectivity index (χ0n) is 12.1. The summed E-state index contributed by atoms with van der Waals surface area (Å²) < 4.78 is 63.4. The van der Waals surface area contributed by atoms with Crippen molar-refractivity contribution in [2.24, 2.45) is 0 Å². The summed E-state index contributed by atoms with van der Waals surface area (Å²) in [6, 6.07) is 5.18. The first-order chi connectivity index (χ1) is 10.6. The molecule has 1 aliphatic heterocycles. The summed E-state index contributed by atoms with van der Waals surface area (Å²) in [7, 11) is -3.09. The molecule has 0 aromatic heterocycles. The average Bonchev–Trinajstić information content (AvgIpc) is 2.75. The number of hydrogen-bond acceptors (Lipinski definition) is 4. The van der Waals surface area contributed by atoms with Gasteiger partial charge < -0.3 is 10.1 Å². The van der Waals surface area contributed by atoms with Crippen molar-refractivity contribution in [3.05, 3.63) is 29.8 Å². The van der Waals surface area contributed by atoms with Crippen molar-refractivity contribution >= 4 is 15.7 Å². The van der Waals surface area contributed by atoms with Gasteiger partial charge in [-0.15, -0.1) is 13.2 Å². The lowest BCUT2D eigenvalue weighted by molar-refractivity contribution is -0.274. The zero-order chi connectivity index (χ0) is 17.1. The van der Waals surface area contributed by atoms with Crippen LogP contribution in [0, 0.1) is 0 Å². The van der Waals surface area contributed by atoms with E-state index in [2.05, 4.69) is 10.1 Å². The summed E-state index contributed by atoms with van der Waals surface area (Å²) in [5, 5.41) is 2.59. The number of aryl methyl sites for hydroxylation is 1. The van der Waals surface area contributed by atoms with Crippen molar-refractivity contribution in [2.75, 3.05) is 11.5 Å². The predicted octanol–water partition coefficient (Wildman–Crippen LogP) is 1.82. The molecule has 128 valence electrons. The van der Waals surface area contributed by atoms with Crippen LogP contribution in [0.25, 0.3) is 0 Å². The number of sulfone groups is 1. The largest absolute Gasteiger partial charge is 0.573 e. The minimum Gasteiger partial charge on any atom is -0.406 e. The molecule has 1 N–H and O–H groups in total. The number of alkyl halides is 3. The molecule has 1 unspecified atom stereocenters. The van der Waals surface area contributed by atoms with Gasteiger partial charge in [-0.05, 0) is 24.5 Å². The number of hydrogen-bond donors (Lipinski definition) is 1. The third-order valence-electron chi connectivity index (χ3n) is 3.42. The van der Waals surface area contributed by atoms with Gasteiger partial charge in [-0.3, -0.25) is 4.79 Å². The second-order valence-electron chi connectivity index (χ2n) is 5.32. The molecule has 9 heteroatoms. The summed E-state index contributed by atoms with van der Waals surface area (Å²) in [5.41, 5.74) is 0.263. The van der Waals surface area contributed by atoms with Crippen LogP contribution in [0.3, 0.4) is 0 Å². The van der Waals surface area contributed by atoms with Crippen LogP contribution in [0.5, 0.6) is 5.75 Å². The van der Waals surface area contributed by atoms with Crippen molar-refractivity contribution in [1.29, 1.82) is 0 Å². The molecule has 1 heterocycles. The van der Waals surface area contributed by atoms with Crippen LogP contribution >= 0.6 is 0 Å². The highest BCUT2D eigenvalue weighted by molar-refractivity contribution is 7.91. The normalized spacial score (nSPS) is 20.2. The molecule has 5 nitrogen and oxygen atoms in total. The molecule has 1 aliphatic rings. The van der Waals surface area contributed by atoms with E-state index in [4.69, 9.17) is 0 Å². The Balaban J connectivity index is 1.90. The van der Waals surface area contributed by atoms with Gasteiger partial charge in [0.05, 0.1) is 11.5 Å². The van der Waals surface area contributed by atoms with Crippen LogP contribution < -0.4 is 10.1 Å². The Hall–Kier alpha value is -1.77. The fraction of sp³-hybridized carbons (Fsp3) is 0.500. The number of nitrogens with one attached hydrogen (secondary N) is 1. The van der Waals surface area contributed by atoms with Crippen LogP contribution in [0.15, 0.2) is 24.3 Å². The van der Waals surface area contributed by atoms with E-state index in [0.29, 0.717) is 6.42 Å². The molecule has 1 atom stereocenters. The standard InChI is InChI=1S/C14H16F3NO4S/c15-14(16,17)22-12-4-2-1-3-10(12)5-6-13(19)18-11-7-8-23(20,21)9-11/h1-4,11H,5-9H2,(H,18,19). The van der Waals surface area contributed by atoms with E-state index >= 15 is 0 Å². The summed E-state index contributed by atoms with van der Waals surface area (Å²) in [4.78, 5) is 11.8. The molecule has 1 fully saturated rings. The lowest BCUT2D eigenvalue weighted by Crippen LogP contribution is -2.35. The first-order valence-corrected chi connectivity index (χ1v) is 8.80. The van der Waals surface area contributed by atoms with E-state index in [1.165, 1.54) is 18.2 Å². The fourth-order valence-corrected chi connectivity index (χ4v) is 4.06. The summed E-state index contributed by atoms with van der Waals surface area (Å²) in [6.07, 6.45) is -4.41. The van der Waals surface area contributed by atoms with E-state index < -0.39 is 28.1 Å². The molecular formula is C14H16F3NO4S. The molecule has 0 bridgehead atoms. The van der Waals surface area contributed by atoms with E-state index in [1.54, 1.807) is 6.07 Å². The predicted molar refractivity (Wildman–Crippen MR) is 76.6 cm³/mol. The van der Waals surface area contributed by atoms with Crippen LogP contribution in [0.2, 0.25) is 0 Å². The van der Waals surface area contributed by atoms with Crippen LogP contribution in [0.1, 0.15) is 18.4 Å². The van der Waals surface area contributed by atoms with Crippen molar-refractivity contribution in [3.8, 4) is 5.75 Å². The quantitative estimate of drug-likeness (QED) is 0.878. The van der Waals surface area contributed by atoms with E-state index in [9.17, 15) is 26.4 Å². The molecule has 1 amide bonds. The maximum absolute atomic E-state index is 12.3. The van der Waals surface area contributed by atoms with Gasteiger partial charge >= 0.3 is 6.36 Å². The lowest BCUT2D eigenvalue weighted by Gasteiger charge is -2.14. The number of carbonyl (C=O) groups is 1. The van der Waals surface area contributed by atoms with Crippen molar-refractivity contribution in [1.82, 2.24) is 5.32 Å². The Bertz CT molecular complexity index is 673. The Morgan fingerprint density at radius 2 is 2.00 bits per heavy atom. The topological polar surface area (TPSA) is 72.5 Å². The number of carbonyl (C=O) groups excluding carboxylic acids is 1. The summed E-state index contributed by atoms with van der Waals surface area (Å²) in [6.45, 7) is 0. The average molecular weight is 351 g/mol. The molecule has 0 spiro atoms. The zero-order valence-corrected chi connectivity index (χ0v) is 12.9. The van der Waals surface area contributed by atoms with Crippen molar-refractivity contribution in [3.63, 3.8) is 0 Å². The minimum atomic E-state index is -4.80. The van der Waals surface area contributed by atoms with Crippen LogP contribution in [-0.2, 0) is 21.1 Å².